The van der Waals surface area contributed by atoms with E-state index in [1.165, 1.54) is 24.4 Å². The first kappa shape index (κ1) is 7.94. The van der Waals surface area contributed by atoms with Gasteiger partial charge in [0.15, 0.2) is 0 Å². The van der Waals surface area contributed by atoms with Crippen LogP contribution in [0.5, 0.6) is 0 Å². The van der Waals surface area contributed by atoms with Gasteiger partial charge in [0.05, 0.1) is 0 Å². The first-order chi connectivity index (χ1) is 5.90. The first-order valence-electron chi connectivity index (χ1n) is 4.13. The molecule has 0 saturated heterocycles. The van der Waals surface area contributed by atoms with Crippen molar-refractivity contribution in [2.24, 2.45) is 11.7 Å². The highest BCUT2D eigenvalue weighted by molar-refractivity contribution is 7.09. The van der Waals surface area contributed by atoms with Crippen LogP contribution < -0.4 is 11.1 Å². The molecular formula is C7H12N4S. The van der Waals surface area contributed by atoms with Gasteiger partial charge >= 0.3 is 0 Å². The molecule has 1 heterocycles. The summed E-state index contributed by atoms with van der Waals surface area (Å²) in [6.07, 6.45) is 4.16. The number of hydrogen-bond donors (Lipinski definition) is 2. The Labute approximate surface area is 75.4 Å². The second-order valence-electron chi connectivity index (χ2n) is 3.07. The van der Waals surface area contributed by atoms with Gasteiger partial charge in [0, 0.05) is 24.1 Å². The van der Waals surface area contributed by atoms with Crippen molar-refractivity contribution < 1.29 is 0 Å². The van der Waals surface area contributed by atoms with Crippen molar-refractivity contribution in [3.63, 3.8) is 0 Å². The van der Waals surface area contributed by atoms with Crippen molar-refractivity contribution in [1.82, 2.24) is 9.36 Å². The Bertz CT molecular complexity index is 232. The summed E-state index contributed by atoms with van der Waals surface area (Å²) in [5, 5.41) is 4.18. The highest BCUT2D eigenvalue weighted by atomic mass is 32.1. The molecule has 2 rings (SSSR count). The first-order valence-corrected chi connectivity index (χ1v) is 4.91. The van der Waals surface area contributed by atoms with Crippen LogP contribution in [0, 0.1) is 5.92 Å². The van der Waals surface area contributed by atoms with Crippen LogP contribution in [0.4, 0.5) is 5.13 Å². The van der Waals surface area contributed by atoms with Crippen molar-refractivity contribution >= 4 is 16.7 Å². The van der Waals surface area contributed by atoms with Crippen LogP contribution >= 0.6 is 11.5 Å². The van der Waals surface area contributed by atoms with E-state index in [4.69, 9.17) is 5.73 Å². The largest absolute Gasteiger partial charge is 0.356 e. The standard InChI is InChI=1S/C7H12N4S/c8-3-6(5-1-2-5)11-7-9-4-10-12-7/h4-6H,1-3,8H2,(H,9,10,11). The average molecular weight is 184 g/mol. The summed E-state index contributed by atoms with van der Waals surface area (Å²) in [7, 11) is 0. The minimum absolute atomic E-state index is 0.401. The predicted octanol–water partition coefficient (Wildman–Crippen LogP) is 0.687. The van der Waals surface area contributed by atoms with E-state index >= 15 is 0 Å². The van der Waals surface area contributed by atoms with Crippen molar-refractivity contribution in [2.75, 3.05) is 11.9 Å². The Kier molecular flexibility index (Phi) is 2.23. The molecule has 0 aliphatic heterocycles. The Balaban J connectivity index is 1.91. The van der Waals surface area contributed by atoms with Gasteiger partial charge in [0.1, 0.15) is 6.33 Å². The molecule has 1 aliphatic carbocycles. The van der Waals surface area contributed by atoms with E-state index in [1.807, 2.05) is 0 Å². The van der Waals surface area contributed by atoms with Crippen molar-refractivity contribution in [3.8, 4) is 0 Å². The molecule has 12 heavy (non-hydrogen) atoms. The van der Waals surface area contributed by atoms with E-state index in [2.05, 4.69) is 14.7 Å². The van der Waals surface area contributed by atoms with Crippen molar-refractivity contribution in [3.05, 3.63) is 6.33 Å². The highest BCUT2D eigenvalue weighted by Crippen LogP contribution is 2.33. The summed E-state index contributed by atoms with van der Waals surface area (Å²) in [6.45, 7) is 0.685. The monoisotopic (exact) mass is 184 g/mol. The minimum atomic E-state index is 0.401. The molecule has 0 radical (unpaired) electrons. The molecule has 1 aromatic heterocycles. The Morgan fingerprint density at radius 1 is 1.75 bits per heavy atom. The zero-order chi connectivity index (χ0) is 8.39. The van der Waals surface area contributed by atoms with Crippen molar-refractivity contribution in [2.45, 2.75) is 18.9 Å². The van der Waals surface area contributed by atoms with Crippen LogP contribution in [0.1, 0.15) is 12.8 Å². The number of hydrogen-bond acceptors (Lipinski definition) is 5. The molecule has 0 aromatic carbocycles. The maximum absolute atomic E-state index is 5.62. The average Bonchev–Trinajstić information content (AvgIpc) is 2.80. The minimum Gasteiger partial charge on any atom is -0.356 e. The fraction of sp³-hybridized carbons (Fsp3) is 0.714. The SMILES string of the molecule is NCC(Nc1ncns1)C1CC1. The van der Waals surface area contributed by atoms with Crippen LogP contribution in [0.15, 0.2) is 6.33 Å². The Hall–Kier alpha value is -0.680. The summed E-state index contributed by atoms with van der Waals surface area (Å²) in [6, 6.07) is 0.401. The Morgan fingerprint density at radius 2 is 2.58 bits per heavy atom. The Morgan fingerprint density at radius 3 is 3.08 bits per heavy atom. The molecule has 1 fully saturated rings. The predicted molar refractivity (Wildman–Crippen MR) is 49.1 cm³/mol. The fourth-order valence-electron chi connectivity index (χ4n) is 1.26. The molecule has 66 valence electrons. The van der Waals surface area contributed by atoms with Gasteiger partial charge in [-0.15, -0.1) is 0 Å². The molecule has 4 nitrogen and oxygen atoms in total. The molecular weight excluding hydrogens is 172 g/mol. The van der Waals surface area contributed by atoms with Crippen LogP contribution in [0.2, 0.25) is 0 Å². The molecule has 0 spiro atoms. The number of nitrogens with one attached hydrogen (secondary N) is 1. The molecule has 0 bridgehead atoms. The molecule has 1 atom stereocenters. The van der Waals surface area contributed by atoms with Gasteiger partial charge in [-0.05, 0) is 18.8 Å². The van der Waals surface area contributed by atoms with Gasteiger partial charge in [-0.3, -0.25) is 0 Å². The normalized spacial score (nSPS) is 19.1. The fourth-order valence-corrected chi connectivity index (χ4v) is 1.76. The summed E-state index contributed by atoms with van der Waals surface area (Å²) in [5.74, 6) is 0.763. The third-order valence-electron chi connectivity index (χ3n) is 2.12. The molecule has 5 heteroatoms. The lowest BCUT2D eigenvalue weighted by molar-refractivity contribution is 0.644. The zero-order valence-electron chi connectivity index (χ0n) is 6.73. The van der Waals surface area contributed by atoms with Crippen LogP contribution in [-0.4, -0.2) is 21.9 Å². The number of rotatable bonds is 4. The molecule has 1 aromatic rings. The second-order valence-corrected chi connectivity index (χ2v) is 3.85. The third kappa shape index (κ3) is 1.73. The summed E-state index contributed by atoms with van der Waals surface area (Å²) in [4.78, 5) is 4.05. The molecule has 3 N–H and O–H groups in total. The highest BCUT2D eigenvalue weighted by Gasteiger charge is 2.30. The van der Waals surface area contributed by atoms with E-state index in [0.717, 1.165) is 11.0 Å². The van der Waals surface area contributed by atoms with E-state index in [9.17, 15) is 0 Å². The van der Waals surface area contributed by atoms with Gasteiger partial charge in [-0.2, -0.15) is 4.37 Å². The van der Waals surface area contributed by atoms with Gasteiger partial charge in [-0.1, -0.05) is 0 Å². The molecule has 1 saturated carbocycles. The quantitative estimate of drug-likeness (QED) is 0.722. The zero-order valence-corrected chi connectivity index (χ0v) is 7.55. The van der Waals surface area contributed by atoms with Gasteiger partial charge in [0.25, 0.3) is 0 Å². The van der Waals surface area contributed by atoms with Crippen LogP contribution in [0.25, 0.3) is 0 Å². The molecule has 0 amide bonds. The topological polar surface area (TPSA) is 63.8 Å². The molecule has 1 unspecified atom stereocenters. The van der Waals surface area contributed by atoms with E-state index < -0.39 is 0 Å². The van der Waals surface area contributed by atoms with Gasteiger partial charge < -0.3 is 11.1 Å². The van der Waals surface area contributed by atoms with Crippen molar-refractivity contribution in [1.29, 1.82) is 0 Å². The third-order valence-corrected chi connectivity index (χ3v) is 2.71. The lowest BCUT2D eigenvalue weighted by Crippen LogP contribution is -2.30. The summed E-state index contributed by atoms with van der Waals surface area (Å²) in [5.41, 5.74) is 5.62. The number of nitrogens with zero attached hydrogens (tertiary/aromatic N) is 2. The molecule has 1 aliphatic rings. The van der Waals surface area contributed by atoms with E-state index in [-0.39, 0.29) is 0 Å². The lowest BCUT2D eigenvalue weighted by atomic mass is 10.2. The van der Waals surface area contributed by atoms with Gasteiger partial charge in [0.2, 0.25) is 5.13 Å². The maximum atomic E-state index is 5.62. The number of anilines is 1. The summed E-state index contributed by atoms with van der Waals surface area (Å²) < 4.78 is 3.92. The summed E-state index contributed by atoms with van der Waals surface area (Å²) >= 11 is 1.38. The maximum Gasteiger partial charge on any atom is 0.202 e. The smallest absolute Gasteiger partial charge is 0.202 e. The van der Waals surface area contributed by atoms with Gasteiger partial charge in [-0.25, -0.2) is 4.98 Å². The van der Waals surface area contributed by atoms with Crippen LogP contribution in [-0.2, 0) is 0 Å². The number of aromatic nitrogens is 2. The lowest BCUT2D eigenvalue weighted by Gasteiger charge is -2.13. The van der Waals surface area contributed by atoms with E-state index in [1.54, 1.807) is 6.33 Å². The second kappa shape index (κ2) is 3.37. The van der Waals surface area contributed by atoms with E-state index in [0.29, 0.717) is 12.6 Å². The van der Waals surface area contributed by atoms with Crippen LogP contribution in [0.3, 0.4) is 0 Å². The number of nitrogens with two attached hydrogens (primary N) is 1.